The molecule has 0 amide bonds. The zero-order valence-corrected chi connectivity index (χ0v) is 9.45. The van der Waals surface area contributed by atoms with Gasteiger partial charge in [-0.25, -0.2) is 9.18 Å². The summed E-state index contributed by atoms with van der Waals surface area (Å²) in [4.78, 5) is 22.2. The normalized spacial score (nSPS) is 11.9. The van der Waals surface area contributed by atoms with E-state index in [0.717, 1.165) is 7.11 Å². The van der Waals surface area contributed by atoms with E-state index in [4.69, 9.17) is 0 Å². The minimum Gasteiger partial charge on any atom is -0.467 e. The molecule has 1 aromatic rings. The van der Waals surface area contributed by atoms with E-state index in [1.807, 2.05) is 0 Å². The Bertz CT molecular complexity index is 392. The molecule has 0 aromatic heterocycles. The van der Waals surface area contributed by atoms with Crippen LogP contribution < -0.4 is 0 Å². The van der Waals surface area contributed by atoms with Crippen LogP contribution in [0.1, 0.15) is 10.4 Å². The van der Waals surface area contributed by atoms with Gasteiger partial charge < -0.3 is 4.74 Å². The number of ketones is 1. The van der Waals surface area contributed by atoms with Crippen LogP contribution in [-0.4, -0.2) is 25.0 Å². The molecule has 0 N–H and O–H groups in total. The highest BCUT2D eigenvalue weighted by Gasteiger charge is 2.27. The third-order valence-corrected chi connectivity index (χ3v) is 2.24. The average molecular weight is 275 g/mol. The predicted molar refractivity (Wildman–Crippen MR) is 55.4 cm³/mol. The van der Waals surface area contributed by atoms with Crippen molar-refractivity contribution in [3.8, 4) is 0 Å². The van der Waals surface area contributed by atoms with Gasteiger partial charge in [0, 0.05) is 10.0 Å². The first-order valence-corrected chi connectivity index (χ1v) is 4.87. The van der Waals surface area contributed by atoms with Crippen LogP contribution >= 0.6 is 15.9 Å². The number of esters is 1. The fourth-order valence-corrected chi connectivity index (χ4v) is 1.40. The van der Waals surface area contributed by atoms with Crippen molar-refractivity contribution < 1.29 is 18.7 Å². The Morgan fingerprint density at radius 3 is 2.67 bits per heavy atom. The number of carbonyl (C=O) groups excluding carboxylic acids is 2. The predicted octanol–water partition coefficient (Wildman–Crippen LogP) is 2.14. The van der Waals surface area contributed by atoms with Crippen molar-refractivity contribution in [3.05, 3.63) is 34.3 Å². The van der Waals surface area contributed by atoms with E-state index in [1.54, 1.807) is 12.1 Å². The Hall–Kier alpha value is -1.23. The summed E-state index contributed by atoms with van der Waals surface area (Å²) in [5.74, 6) is -2.08. The van der Waals surface area contributed by atoms with E-state index < -0.39 is 17.9 Å². The van der Waals surface area contributed by atoms with Gasteiger partial charge in [0.2, 0.25) is 5.78 Å². The smallest absolute Gasteiger partial charge is 0.348 e. The fraction of sp³-hybridized carbons (Fsp3) is 0.200. The van der Waals surface area contributed by atoms with Crippen molar-refractivity contribution in [1.29, 1.82) is 0 Å². The lowest BCUT2D eigenvalue weighted by Gasteiger charge is -2.05. The number of hydrogen-bond acceptors (Lipinski definition) is 3. The van der Waals surface area contributed by atoms with Crippen molar-refractivity contribution in [2.75, 3.05) is 7.11 Å². The average Bonchev–Trinajstić information content (AvgIpc) is 2.26. The maximum Gasteiger partial charge on any atom is 0.348 e. The van der Waals surface area contributed by atoms with E-state index in [1.165, 1.54) is 12.1 Å². The first kappa shape index (κ1) is 11.8. The molecular formula is C10H8BrFO3. The van der Waals surface area contributed by atoms with Crippen LogP contribution in [0.3, 0.4) is 0 Å². The molecule has 80 valence electrons. The fourth-order valence-electron chi connectivity index (χ4n) is 0.999. The zero-order chi connectivity index (χ0) is 11.4. The van der Waals surface area contributed by atoms with Crippen molar-refractivity contribution in [2.45, 2.75) is 6.17 Å². The molecule has 0 radical (unpaired) electrons. The Kier molecular flexibility index (Phi) is 3.96. The van der Waals surface area contributed by atoms with Gasteiger partial charge in [-0.1, -0.05) is 28.1 Å². The van der Waals surface area contributed by atoms with Crippen LogP contribution in [0.15, 0.2) is 28.7 Å². The molecule has 0 saturated carbocycles. The number of rotatable bonds is 3. The first-order valence-electron chi connectivity index (χ1n) is 4.08. The van der Waals surface area contributed by atoms with Crippen molar-refractivity contribution in [2.24, 2.45) is 0 Å². The maximum atomic E-state index is 13.2. The number of alkyl halides is 1. The van der Waals surface area contributed by atoms with Gasteiger partial charge in [-0.05, 0) is 12.1 Å². The lowest BCUT2D eigenvalue weighted by Crippen LogP contribution is -2.26. The van der Waals surface area contributed by atoms with Gasteiger partial charge in [-0.15, -0.1) is 0 Å². The quantitative estimate of drug-likeness (QED) is 0.482. The molecule has 0 aliphatic heterocycles. The van der Waals surface area contributed by atoms with E-state index >= 15 is 0 Å². The van der Waals surface area contributed by atoms with Crippen LogP contribution in [-0.2, 0) is 9.53 Å². The van der Waals surface area contributed by atoms with Crippen LogP contribution in [0.5, 0.6) is 0 Å². The lowest BCUT2D eigenvalue weighted by molar-refractivity contribution is -0.144. The number of halogens is 2. The summed E-state index contributed by atoms with van der Waals surface area (Å²) in [6.07, 6.45) is -2.26. The van der Waals surface area contributed by atoms with Crippen molar-refractivity contribution >= 4 is 27.7 Å². The third kappa shape index (κ3) is 2.86. The number of benzene rings is 1. The molecule has 1 unspecified atom stereocenters. The summed E-state index contributed by atoms with van der Waals surface area (Å²) >= 11 is 3.14. The monoisotopic (exact) mass is 274 g/mol. The molecule has 1 atom stereocenters. The van der Waals surface area contributed by atoms with Gasteiger partial charge >= 0.3 is 5.97 Å². The van der Waals surface area contributed by atoms with Crippen LogP contribution in [0.2, 0.25) is 0 Å². The molecule has 1 rings (SSSR count). The highest BCUT2D eigenvalue weighted by Crippen LogP contribution is 2.14. The second-order valence-electron chi connectivity index (χ2n) is 2.76. The minimum atomic E-state index is -2.26. The molecule has 15 heavy (non-hydrogen) atoms. The number of hydrogen-bond donors (Lipinski definition) is 0. The highest BCUT2D eigenvalue weighted by molar-refractivity contribution is 9.10. The summed E-state index contributed by atoms with van der Waals surface area (Å²) in [5, 5.41) is 0. The Balaban J connectivity index is 2.90. The third-order valence-electron chi connectivity index (χ3n) is 1.75. The standard InChI is InChI=1S/C10H8BrFO3/c1-15-10(14)8(12)9(13)6-3-2-4-7(11)5-6/h2-5,8H,1H3. The Morgan fingerprint density at radius 2 is 2.13 bits per heavy atom. The van der Waals surface area contributed by atoms with Crippen molar-refractivity contribution in [3.63, 3.8) is 0 Å². The van der Waals surface area contributed by atoms with Gasteiger partial charge in [-0.3, -0.25) is 4.79 Å². The zero-order valence-electron chi connectivity index (χ0n) is 7.87. The second kappa shape index (κ2) is 5.02. The molecule has 0 aliphatic rings. The molecule has 3 nitrogen and oxygen atoms in total. The van der Waals surface area contributed by atoms with E-state index in [9.17, 15) is 14.0 Å². The van der Waals surface area contributed by atoms with Gasteiger partial charge in [0.05, 0.1) is 7.11 Å². The first-order chi connectivity index (χ1) is 7.06. The molecular weight excluding hydrogens is 267 g/mol. The lowest BCUT2D eigenvalue weighted by atomic mass is 10.1. The maximum absolute atomic E-state index is 13.2. The number of methoxy groups -OCH3 is 1. The number of ether oxygens (including phenoxy) is 1. The Morgan fingerprint density at radius 1 is 1.47 bits per heavy atom. The minimum absolute atomic E-state index is 0.127. The molecule has 1 aromatic carbocycles. The van der Waals surface area contributed by atoms with Crippen LogP contribution in [0, 0.1) is 0 Å². The number of Topliss-reactive ketones (excluding diaryl/α,β-unsaturated/α-hetero) is 1. The molecule has 0 saturated heterocycles. The van der Waals surface area contributed by atoms with Gasteiger partial charge in [0.15, 0.2) is 0 Å². The largest absolute Gasteiger partial charge is 0.467 e. The Labute approximate surface area is 94.4 Å². The van der Waals surface area contributed by atoms with Gasteiger partial charge in [-0.2, -0.15) is 0 Å². The number of carbonyl (C=O) groups is 2. The summed E-state index contributed by atoms with van der Waals surface area (Å²) in [6, 6.07) is 6.16. The summed E-state index contributed by atoms with van der Waals surface area (Å²) < 4.78 is 18.0. The van der Waals surface area contributed by atoms with Gasteiger partial charge in [0.25, 0.3) is 6.17 Å². The van der Waals surface area contributed by atoms with Crippen molar-refractivity contribution in [1.82, 2.24) is 0 Å². The molecule has 0 fully saturated rings. The molecule has 0 bridgehead atoms. The van der Waals surface area contributed by atoms with E-state index in [0.29, 0.717) is 4.47 Å². The second-order valence-corrected chi connectivity index (χ2v) is 3.68. The molecule has 0 aliphatic carbocycles. The summed E-state index contributed by atoms with van der Waals surface area (Å²) in [6.45, 7) is 0. The van der Waals surface area contributed by atoms with E-state index in [2.05, 4.69) is 20.7 Å². The molecule has 0 heterocycles. The molecule has 5 heteroatoms. The SMILES string of the molecule is COC(=O)C(F)C(=O)c1cccc(Br)c1. The summed E-state index contributed by atoms with van der Waals surface area (Å²) in [5.41, 5.74) is 0.127. The summed E-state index contributed by atoms with van der Waals surface area (Å²) in [7, 11) is 1.03. The van der Waals surface area contributed by atoms with E-state index in [-0.39, 0.29) is 5.56 Å². The van der Waals surface area contributed by atoms with Crippen LogP contribution in [0.25, 0.3) is 0 Å². The van der Waals surface area contributed by atoms with Crippen LogP contribution in [0.4, 0.5) is 4.39 Å². The van der Waals surface area contributed by atoms with Gasteiger partial charge in [0.1, 0.15) is 0 Å². The topological polar surface area (TPSA) is 43.4 Å². The molecule has 0 spiro atoms. The highest BCUT2D eigenvalue weighted by atomic mass is 79.9.